The van der Waals surface area contributed by atoms with Crippen molar-refractivity contribution in [3.05, 3.63) is 0 Å². The van der Waals surface area contributed by atoms with Crippen LogP contribution in [0.2, 0.25) is 0 Å². The molecule has 2 nitrogen and oxygen atoms in total. The number of rotatable bonds is 8. The predicted octanol–water partition coefficient (Wildman–Crippen LogP) is -3.84. The van der Waals surface area contributed by atoms with Gasteiger partial charge in [0.25, 0.3) is 0 Å². The van der Waals surface area contributed by atoms with Crippen molar-refractivity contribution in [1.29, 1.82) is 0 Å². The minimum absolute atomic E-state index is 0. The fraction of sp³-hybridized carbons (Fsp3) is 1.00. The Labute approximate surface area is 105 Å². The van der Waals surface area contributed by atoms with Crippen molar-refractivity contribution in [3.63, 3.8) is 0 Å². The van der Waals surface area contributed by atoms with Gasteiger partial charge in [-0.25, -0.2) is 0 Å². The average Bonchev–Trinajstić information content (AvgIpc) is 2.03. The van der Waals surface area contributed by atoms with E-state index in [1.165, 1.54) is 25.7 Å². The van der Waals surface area contributed by atoms with Gasteiger partial charge in [0, 0.05) is 0 Å². The molecule has 13 heavy (non-hydrogen) atoms. The van der Waals surface area contributed by atoms with Crippen LogP contribution < -0.4 is 24.8 Å². The number of hydrogen-bond acceptors (Lipinski definition) is 2. The Balaban J connectivity index is -0.000000500. The molecule has 0 saturated carbocycles. The van der Waals surface area contributed by atoms with Gasteiger partial charge >= 0.3 is 80.9 Å². The van der Waals surface area contributed by atoms with Gasteiger partial charge in [0.05, 0.1) is 0 Å². The molecule has 0 unspecified atom stereocenters. The van der Waals surface area contributed by atoms with Gasteiger partial charge in [-0.1, -0.05) is 0 Å². The molecule has 80 valence electrons. The number of halogens is 2. The molecular weight excluding hydrogens is 318 g/mol. The second-order valence-corrected chi connectivity index (χ2v) is 4.61. The number of unbranched alkanes of at least 4 members (excludes halogenated alkanes) is 2. The van der Waals surface area contributed by atoms with Crippen molar-refractivity contribution in [1.82, 2.24) is 0 Å². The summed E-state index contributed by atoms with van der Waals surface area (Å²) in [5.41, 5.74) is 0. The smallest absolute Gasteiger partial charge is 1.00 e. The summed E-state index contributed by atoms with van der Waals surface area (Å²) < 4.78 is 10.7. The van der Waals surface area contributed by atoms with Crippen molar-refractivity contribution in [2.75, 3.05) is 13.2 Å². The van der Waals surface area contributed by atoms with E-state index in [0.29, 0.717) is 0 Å². The fourth-order valence-electron chi connectivity index (χ4n) is 0.558. The molecule has 0 aliphatic heterocycles. The molecule has 0 heterocycles. The summed E-state index contributed by atoms with van der Waals surface area (Å²) in [6.45, 7) is 6.17. The molecule has 0 bridgehead atoms. The Morgan fingerprint density at radius 3 is 1.54 bits per heavy atom. The largest absolute Gasteiger partial charge is 1.00 e. The molecule has 5 heteroatoms. The SMILES string of the molecule is CCCC[O][Sn+2][O]CCCC.[Cl-].[Cl-]. The van der Waals surface area contributed by atoms with Gasteiger partial charge in [-0.2, -0.15) is 0 Å². The third-order valence-corrected chi connectivity index (χ3v) is 3.16. The molecule has 0 fully saturated rings. The predicted molar refractivity (Wildman–Crippen MR) is 47.5 cm³/mol. The van der Waals surface area contributed by atoms with Gasteiger partial charge in [-0.3, -0.25) is 0 Å². The standard InChI is InChI=1S/2C4H9O.2ClH.Sn/c2*1-2-3-4-5;;;/h2*2-4H2,1H3;2*1H;/q2*-1;;;+4/p-2. The summed E-state index contributed by atoms with van der Waals surface area (Å²) in [6, 6.07) is 0. The van der Waals surface area contributed by atoms with E-state index < -0.39 is 22.0 Å². The summed E-state index contributed by atoms with van der Waals surface area (Å²) in [7, 11) is 0. The van der Waals surface area contributed by atoms with Gasteiger partial charge in [0.2, 0.25) is 0 Å². The Kier molecular flexibility index (Phi) is 28.9. The summed E-state index contributed by atoms with van der Waals surface area (Å²) >= 11 is -0.876. The topological polar surface area (TPSA) is 18.5 Å². The summed E-state index contributed by atoms with van der Waals surface area (Å²) in [4.78, 5) is 0. The first-order chi connectivity index (χ1) is 5.41. The molecule has 0 aliphatic carbocycles. The van der Waals surface area contributed by atoms with Gasteiger partial charge in [0.1, 0.15) is 0 Å². The molecule has 0 radical (unpaired) electrons. The Bertz CT molecular complexity index is 69.2. The average molecular weight is 336 g/mol. The van der Waals surface area contributed by atoms with Crippen LogP contribution in [0.25, 0.3) is 0 Å². The van der Waals surface area contributed by atoms with Crippen LogP contribution in [0.15, 0.2) is 0 Å². The maximum absolute atomic E-state index is 5.37. The Hall–Kier alpha value is 1.30. The van der Waals surface area contributed by atoms with E-state index in [4.69, 9.17) is 6.15 Å². The second-order valence-electron chi connectivity index (χ2n) is 2.49. The van der Waals surface area contributed by atoms with Crippen LogP contribution in [-0.2, 0) is 6.15 Å². The quantitative estimate of drug-likeness (QED) is 0.334. The summed E-state index contributed by atoms with van der Waals surface area (Å²) in [5, 5.41) is 0. The van der Waals surface area contributed by atoms with E-state index in [9.17, 15) is 0 Å². The van der Waals surface area contributed by atoms with Crippen molar-refractivity contribution in [2.24, 2.45) is 0 Å². The number of hydrogen-bond donors (Lipinski definition) is 0. The van der Waals surface area contributed by atoms with E-state index in [1.54, 1.807) is 0 Å². The van der Waals surface area contributed by atoms with Crippen LogP contribution in [0.4, 0.5) is 0 Å². The zero-order valence-corrected chi connectivity index (χ0v) is 12.7. The van der Waals surface area contributed by atoms with Crippen molar-refractivity contribution in [3.8, 4) is 0 Å². The maximum atomic E-state index is 5.37. The third-order valence-electron chi connectivity index (χ3n) is 1.32. The molecule has 0 amide bonds. The van der Waals surface area contributed by atoms with E-state index in [-0.39, 0.29) is 24.8 Å². The van der Waals surface area contributed by atoms with E-state index in [0.717, 1.165) is 13.2 Å². The molecule has 0 spiro atoms. The van der Waals surface area contributed by atoms with E-state index >= 15 is 0 Å². The first-order valence-corrected chi connectivity index (χ1v) is 6.73. The third kappa shape index (κ3) is 19.6. The normalized spacial score (nSPS) is 8.15. The van der Waals surface area contributed by atoms with Gasteiger partial charge in [0.15, 0.2) is 0 Å². The summed E-state index contributed by atoms with van der Waals surface area (Å²) in [6.07, 6.45) is 4.79. The minimum Gasteiger partial charge on any atom is -1.00 e. The molecule has 0 rings (SSSR count). The zero-order chi connectivity index (χ0) is 8.36. The van der Waals surface area contributed by atoms with Gasteiger partial charge in [-0.05, 0) is 0 Å². The molecule has 0 aromatic rings. The molecular formula is C8H18Cl2O2Sn. The molecule has 0 N–H and O–H groups in total. The Morgan fingerprint density at radius 2 is 1.23 bits per heavy atom. The van der Waals surface area contributed by atoms with Crippen molar-refractivity contribution >= 4 is 22.0 Å². The zero-order valence-electron chi connectivity index (χ0n) is 8.32. The van der Waals surface area contributed by atoms with Crippen LogP contribution in [0.5, 0.6) is 0 Å². The van der Waals surface area contributed by atoms with Crippen molar-refractivity contribution < 1.29 is 31.0 Å². The second kappa shape index (κ2) is 19.0. The molecule has 0 aromatic carbocycles. The van der Waals surface area contributed by atoms with Crippen LogP contribution in [0, 0.1) is 0 Å². The van der Waals surface area contributed by atoms with Crippen LogP contribution >= 0.6 is 0 Å². The maximum Gasteiger partial charge on any atom is -1.00 e. The van der Waals surface area contributed by atoms with E-state index in [1.807, 2.05) is 0 Å². The Morgan fingerprint density at radius 1 is 0.846 bits per heavy atom. The van der Waals surface area contributed by atoms with Gasteiger partial charge in [-0.15, -0.1) is 0 Å². The van der Waals surface area contributed by atoms with Crippen LogP contribution in [-0.4, -0.2) is 35.2 Å². The molecule has 0 atom stereocenters. The van der Waals surface area contributed by atoms with Gasteiger partial charge < -0.3 is 24.8 Å². The fourth-order valence-corrected chi connectivity index (χ4v) is 2.10. The molecule has 0 aromatic heterocycles. The first-order valence-electron chi connectivity index (χ1n) is 4.40. The minimum atomic E-state index is -0.876. The molecule has 0 saturated heterocycles. The summed E-state index contributed by atoms with van der Waals surface area (Å²) in [5.74, 6) is 0. The molecule has 0 aliphatic rings. The first kappa shape index (κ1) is 19.8. The van der Waals surface area contributed by atoms with E-state index in [2.05, 4.69) is 13.8 Å². The van der Waals surface area contributed by atoms with Crippen LogP contribution in [0.1, 0.15) is 39.5 Å². The van der Waals surface area contributed by atoms with Crippen LogP contribution in [0.3, 0.4) is 0 Å². The van der Waals surface area contributed by atoms with Crippen molar-refractivity contribution in [2.45, 2.75) is 39.5 Å². The monoisotopic (exact) mass is 336 g/mol.